The zero-order chi connectivity index (χ0) is 12.7. The Hall–Kier alpha value is -0.160. The first-order chi connectivity index (χ1) is 8.07. The molecule has 17 heavy (non-hydrogen) atoms. The van der Waals surface area contributed by atoms with Crippen LogP contribution in [0.3, 0.4) is 0 Å². The fourth-order valence-corrected chi connectivity index (χ4v) is 2.15. The van der Waals surface area contributed by atoms with Gasteiger partial charge in [0.1, 0.15) is 0 Å². The SMILES string of the molecule is CCN1CCOC(CNCC(C)(C)CCO)C1. The normalized spacial score (nSPS) is 22.9. The van der Waals surface area contributed by atoms with Gasteiger partial charge in [0.15, 0.2) is 0 Å². The van der Waals surface area contributed by atoms with Crippen molar-refractivity contribution in [1.82, 2.24) is 10.2 Å². The molecule has 102 valence electrons. The van der Waals surface area contributed by atoms with Crippen molar-refractivity contribution >= 4 is 0 Å². The molecule has 4 heteroatoms. The minimum absolute atomic E-state index is 0.161. The Labute approximate surface area is 105 Å². The molecule has 0 radical (unpaired) electrons. The van der Waals surface area contributed by atoms with E-state index in [-0.39, 0.29) is 12.0 Å². The smallest absolute Gasteiger partial charge is 0.0826 e. The average Bonchev–Trinajstić information content (AvgIpc) is 2.29. The quantitative estimate of drug-likeness (QED) is 0.692. The topological polar surface area (TPSA) is 44.7 Å². The van der Waals surface area contributed by atoms with Crippen LogP contribution in [0.5, 0.6) is 0 Å². The molecule has 0 aromatic carbocycles. The van der Waals surface area contributed by atoms with Crippen molar-refractivity contribution in [3.05, 3.63) is 0 Å². The molecule has 1 atom stereocenters. The maximum Gasteiger partial charge on any atom is 0.0826 e. The van der Waals surface area contributed by atoms with E-state index in [0.29, 0.717) is 6.10 Å². The molecule has 4 nitrogen and oxygen atoms in total. The summed E-state index contributed by atoms with van der Waals surface area (Å²) in [5, 5.41) is 12.4. The predicted molar refractivity (Wildman–Crippen MR) is 70.2 cm³/mol. The number of hydrogen-bond donors (Lipinski definition) is 2. The Bertz CT molecular complexity index is 210. The van der Waals surface area contributed by atoms with Gasteiger partial charge in [0, 0.05) is 32.8 Å². The van der Waals surface area contributed by atoms with Crippen molar-refractivity contribution in [2.24, 2.45) is 5.41 Å². The molecule has 0 aromatic heterocycles. The third-order valence-corrected chi connectivity index (χ3v) is 3.43. The molecule has 0 spiro atoms. The van der Waals surface area contributed by atoms with E-state index in [1.54, 1.807) is 0 Å². The van der Waals surface area contributed by atoms with Gasteiger partial charge in [0.25, 0.3) is 0 Å². The van der Waals surface area contributed by atoms with Gasteiger partial charge in [-0.05, 0) is 18.4 Å². The van der Waals surface area contributed by atoms with Gasteiger partial charge in [-0.25, -0.2) is 0 Å². The first-order valence-corrected chi connectivity index (χ1v) is 6.73. The van der Waals surface area contributed by atoms with E-state index in [9.17, 15) is 0 Å². The standard InChI is InChI=1S/C13H28N2O2/c1-4-15-6-8-17-12(10-15)9-14-11-13(2,3)5-7-16/h12,14,16H,4-11H2,1-3H3. The van der Waals surface area contributed by atoms with E-state index in [0.717, 1.165) is 45.8 Å². The lowest BCUT2D eigenvalue weighted by Gasteiger charge is -2.33. The lowest BCUT2D eigenvalue weighted by molar-refractivity contribution is -0.0261. The molecule has 0 aromatic rings. The lowest BCUT2D eigenvalue weighted by atomic mass is 9.90. The third kappa shape index (κ3) is 5.82. The minimum Gasteiger partial charge on any atom is -0.396 e. The Kier molecular flexibility index (Phi) is 6.41. The number of morpholine rings is 1. The number of nitrogens with zero attached hydrogens (tertiary/aromatic N) is 1. The van der Waals surface area contributed by atoms with Crippen LogP contribution in [0.25, 0.3) is 0 Å². The molecular formula is C13H28N2O2. The molecule has 0 amide bonds. The highest BCUT2D eigenvalue weighted by atomic mass is 16.5. The molecule has 0 bridgehead atoms. The summed E-state index contributed by atoms with van der Waals surface area (Å²) >= 11 is 0. The maximum atomic E-state index is 8.96. The summed E-state index contributed by atoms with van der Waals surface area (Å²) in [5.74, 6) is 0. The molecule has 1 saturated heterocycles. The molecule has 2 N–H and O–H groups in total. The van der Waals surface area contributed by atoms with Gasteiger partial charge in [-0.15, -0.1) is 0 Å². The van der Waals surface area contributed by atoms with Gasteiger partial charge in [0.2, 0.25) is 0 Å². The van der Waals surface area contributed by atoms with E-state index in [1.165, 1.54) is 0 Å². The number of aliphatic hydroxyl groups is 1. The predicted octanol–water partition coefficient (Wildman–Crippen LogP) is 0.705. The van der Waals surface area contributed by atoms with E-state index in [1.807, 2.05) is 0 Å². The second-order valence-electron chi connectivity index (χ2n) is 5.65. The van der Waals surface area contributed by atoms with Gasteiger partial charge in [-0.3, -0.25) is 4.90 Å². The van der Waals surface area contributed by atoms with Crippen LogP contribution < -0.4 is 5.32 Å². The molecule has 1 heterocycles. The second kappa shape index (κ2) is 7.31. The zero-order valence-electron chi connectivity index (χ0n) is 11.5. The lowest BCUT2D eigenvalue weighted by Crippen LogP contribution is -2.47. The van der Waals surface area contributed by atoms with Gasteiger partial charge >= 0.3 is 0 Å². The first kappa shape index (κ1) is 14.9. The van der Waals surface area contributed by atoms with Crippen LogP contribution >= 0.6 is 0 Å². The summed E-state index contributed by atoms with van der Waals surface area (Å²) in [5.41, 5.74) is 0.161. The maximum absolute atomic E-state index is 8.96. The summed E-state index contributed by atoms with van der Waals surface area (Å²) in [7, 11) is 0. The first-order valence-electron chi connectivity index (χ1n) is 6.73. The number of hydrogen-bond acceptors (Lipinski definition) is 4. The molecule has 1 aliphatic rings. The van der Waals surface area contributed by atoms with Crippen LogP contribution in [0, 0.1) is 5.41 Å². The zero-order valence-corrected chi connectivity index (χ0v) is 11.5. The van der Waals surface area contributed by atoms with Crippen molar-refractivity contribution in [2.45, 2.75) is 33.3 Å². The van der Waals surface area contributed by atoms with Crippen LogP contribution in [-0.2, 0) is 4.74 Å². The van der Waals surface area contributed by atoms with Crippen molar-refractivity contribution in [3.63, 3.8) is 0 Å². The summed E-state index contributed by atoms with van der Waals surface area (Å²) < 4.78 is 5.73. The molecule has 1 unspecified atom stereocenters. The van der Waals surface area contributed by atoms with Gasteiger partial charge in [-0.1, -0.05) is 20.8 Å². The Morgan fingerprint density at radius 1 is 1.47 bits per heavy atom. The van der Waals surface area contributed by atoms with E-state index >= 15 is 0 Å². The van der Waals surface area contributed by atoms with Crippen molar-refractivity contribution in [2.75, 3.05) is 45.9 Å². The largest absolute Gasteiger partial charge is 0.396 e. The van der Waals surface area contributed by atoms with Crippen LogP contribution in [0.15, 0.2) is 0 Å². The average molecular weight is 244 g/mol. The second-order valence-corrected chi connectivity index (χ2v) is 5.65. The van der Waals surface area contributed by atoms with E-state index in [2.05, 4.69) is 31.0 Å². The monoisotopic (exact) mass is 244 g/mol. The summed E-state index contributed by atoms with van der Waals surface area (Å²) in [6.07, 6.45) is 1.15. The summed E-state index contributed by atoms with van der Waals surface area (Å²) in [4.78, 5) is 2.43. The Balaban J connectivity index is 2.17. The highest BCUT2D eigenvalue weighted by Gasteiger charge is 2.21. The number of rotatable bonds is 7. The molecule has 1 fully saturated rings. The van der Waals surface area contributed by atoms with Gasteiger partial charge in [-0.2, -0.15) is 0 Å². The highest BCUT2D eigenvalue weighted by molar-refractivity contribution is 4.76. The highest BCUT2D eigenvalue weighted by Crippen LogP contribution is 2.18. The molecule has 1 rings (SSSR count). The van der Waals surface area contributed by atoms with E-state index < -0.39 is 0 Å². The summed E-state index contributed by atoms with van der Waals surface area (Å²) in [6.45, 7) is 12.7. The number of aliphatic hydroxyl groups excluding tert-OH is 1. The fourth-order valence-electron chi connectivity index (χ4n) is 2.15. The van der Waals surface area contributed by atoms with Crippen molar-refractivity contribution < 1.29 is 9.84 Å². The summed E-state index contributed by atoms with van der Waals surface area (Å²) in [6, 6.07) is 0. The van der Waals surface area contributed by atoms with Gasteiger partial charge in [0.05, 0.1) is 12.7 Å². The molecule has 0 saturated carbocycles. The van der Waals surface area contributed by atoms with Crippen LogP contribution in [-0.4, -0.2) is 62.0 Å². The third-order valence-electron chi connectivity index (χ3n) is 3.43. The van der Waals surface area contributed by atoms with Crippen molar-refractivity contribution in [1.29, 1.82) is 0 Å². The number of ether oxygens (including phenoxy) is 1. The minimum atomic E-state index is 0.161. The van der Waals surface area contributed by atoms with E-state index in [4.69, 9.17) is 9.84 Å². The Morgan fingerprint density at radius 2 is 2.24 bits per heavy atom. The van der Waals surface area contributed by atoms with Gasteiger partial charge < -0.3 is 15.2 Å². The van der Waals surface area contributed by atoms with Crippen LogP contribution in [0.2, 0.25) is 0 Å². The van der Waals surface area contributed by atoms with Crippen LogP contribution in [0.4, 0.5) is 0 Å². The number of likely N-dealkylation sites (N-methyl/N-ethyl adjacent to an activating group) is 1. The molecule has 0 aliphatic carbocycles. The molecule has 1 aliphatic heterocycles. The number of nitrogens with one attached hydrogen (secondary N) is 1. The Morgan fingerprint density at radius 3 is 2.88 bits per heavy atom. The van der Waals surface area contributed by atoms with Crippen LogP contribution in [0.1, 0.15) is 27.2 Å². The fraction of sp³-hybridized carbons (Fsp3) is 1.00. The molecular weight excluding hydrogens is 216 g/mol. The van der Waals surface area contributed by atoms with Crippen molar-refractivity contribution in [3.8, 4) is 0 Å².